The molecule has 0 heterocycles. The van der Waals surface area contributed by atoms with Crippen LogP contribution in [0.25, 0.3) is 0 Å². The zero-order chi connectivity index (χ0) is 12.1. The Morgan fingerprint density at radius 2 is 2.12 bits per heavy atom. The Morgan fingerprint density at radius 3 is 2.69 bits per heavy atom. The van der Waals surface area contributed by atoms with Gasteiger partial charge in [0.05, 0.1) is 0 Å². The lowest BCUT2D eigenvalue weighted by Gasteiger charge is -2.20. The molecular weight excluding hydrogens is 205 g/mol. The van der Waals surface area contributed by atoms with Gasteiger partial charge in [-0.15, -0.1) is 0 Å². The first-order valence-corrected chi connectivity index (χ1v) is 5.49. The Labute approximate surface area is 96.1 Å². The van der Waals surface area contributed by atoms with Gasteiger partial charge in [0.2, 0.25) is 0 Å². The Balaban J connectivity index is 2.53. The molecule has 0 aliphatic heterocycles. The topological polar surface area (TPSA) is 20.3 Å². The SMILES string of the molecule is CC(C)N(C)CCC(=O)c1cccc(F)c1. The van der Waals surface area contributed by atoms with Gasteiger partial charge in [0, 0.05) is 24.6 Å². The van der Waals surface area contributed by atoms with Gasteiger partial charge in [0.25, 0.3) is 0 Å². The number of nitrogens with zero attached hydrogens (tertiary/aromatic N) is 1. The molecule has 0 amide bonds. The van der Waals surface area contributed by atoms with Gasteiger partial charge in [-0.3, -0.25) is 4.79 Å². The molecule has 0 unspecified atom stereocenters. The van der Waals surface area contributed by atoms with Crippen molar-refractivity contribution in [2.24, 2.45) is 0 Å². The van der Waals surface area contributed by atoms with E-state index in [2.05, 4.69) is 18.7 Å². The summed E-state index contributed by atoms with van der Waals surface area (Å²) in [5.41, 5.74) is 0.456. The van der Waals surface area contributed by atoms with Gasteiger partial charge in [-0.05, 0) is 33.0 Å². The Kier molecular flexibility index (Phi) is 4.62. The van der Waals surface area contributed by atoms with E-state index in [9.17, 15) is 9.18 Å². The first-order chi connectivity index (χ1) is 7.50. The second-order valence-corrected chi connectivity index (χ2v) is 4.26. The average Bonchev–Trinajstić information content (AvgIpc) is 2.25. The van der Waals surface area contributed by atoms with Gasteiger partial charge >= 0.3 is 0 Å². The molecule has 0 aromatic heterocycles. The number of halogens is 1. The third-order valence-corrected chi connectivity index (χ3v) is 2.72. The van der Waals surface area contributed by atoms with Crippen LogP contribution in [0.4, 0.5) is 4.39 Å². The summed E-state index contributed by atoms with van der Waals surface area (Å²) in [6, 6.07) is 6.27. The highest BCUT2D eigenvalue weighted by Gasteiger charge is 2.09. The molecule has 0 bridgehead atoms. The minimum absolute atomic E-state index is 0.00741. The average molecular weight is 223 g/mol. The van der Waals surface area contributed by atoms with Crippen molar-refractivity contribution in [3.63, 3.8) is 0 Å². The van der Waals surface area contributed by atoms with Gasteiger partial charge in [-0.25, -0.2) is 4.39 Å². The van der Waals surface area contributed by atoms with Crippen LogP contribution in [-0.2, 0) is 0 Å². The quantitative estimate of drug-likeness (QED) is 0.715. The molecule has 1 aromatic rings. The number of rotatable bonds is 5. The third-order valence-electron chi connectivity index (χ3n) is 2.72. The van der Waals surface area contributed by atoms with Crippen molar-refractivity contribution in [1.82, 2.24) is 4.90 Å². The van der Waals surface area contributed by atoms with Crippen LogP contribution in [0.2, 0.25) is 0 Å². The fourth-order valence-electron chi connectivity index (χ4n) is 1.34. The van der Waals surface area contributed by atoms with E-state index in [4.69, 9.17) is 0 Å². The van der Waals surface area contributed by atoms with Crippen LogP contribution in [-0.4, -0.2) is 30.3 Å². The maximum Gasteiger partial charge on any atom is 0.164 e. The van der Waals surface area contributed by atoms with Crippen LogP contribution in [0.3, 0.4) is 0 Å². The molecule has 1 rings (SSSR count). The highest BCUT2D eigenvalue weighted by Crippen LogP contribution is 2.07. The number of carbonyl (C=O) groups excluding carboxylic acids is 1. The van der Waals surface area contributed by atoms with Crippen LogP contribution in [0.5, 0.6) is 0 Å². The first-order valence-electron chi connectivity index (χ1n) is 5.49. The van der Waals surface area contributed by atoms with E-state index in [1.54, 1.807) is 12.1 Å². The molecule has 0 aliphatic rings. The summed E-state index contributed by atoms with van der Waals surface area (Å²) in [4.78, 5) is 13.8. The lowest BCUT2D eigenvalue weighted by Crippen LogP contribution is -2.28. The number of carbonyl (C=O) groups is 1. The molecule has 0 spiro atoms. The molecule has 0 aliphatic carbocycles. The van der Waals surface area contributed by atoms with Crippen molar-refractivity contribution in [3.8, 4) is 0 Å². The van der Waals surface area contributed by atoms with Crippen molar-refractivity contribution in [3.05, 3.63) is 35.6 Å². The van der Waals surface area contributed by atoms with Crippen LogP contribution < -0.4 is 0 Å². The third kappa shape index (κ3) is 3.74. The predicted molar refractivity (Wildman–Crippen MR) is 63.1 cm³/mol. The molecular formula is C13H18FNO. The maximum atomic E-state index is 12.9. The lowest BCUT2D eigenvalue weighted by molar-refractivity contribution is 0.0963. The highest BCUT2D eigenvalue weighted by molar-refractivity contribution is 5.96. The minimum atomic E-state index is -0.358. The lowest BCUT2D eigenvalue weighted by atomic mass is 10.1. The van der Waals surface area contributed by atoms with Crippen LogP contribution in [0.15, 0.2) is 24.3 Å². The number of benzene rings is 1. The summed E-state index contributed by atoms with van der Waals surface area (Å²) in [7, 11) is 1.98. The Morgan fingerprint density at radius 1 is 1.44 bits per heavy atom. The number of ketones is 1. The molecule has 0 fully saturated rings. The van der Waals surface area contributed by atoms with Crippen molar-refractivity contribution in [2.75, 3.05) is 13.6 Å². The summed E-state index contributed by atoms with van der Waals surface area (Å²) >= 11 is 0. The zero-order valence-electron chi connectivity index (χ0n) is 10.0. The van der Waals surface area contributed by atoms with Crippen molar-refractivity contribution in [2.45, 2.75) is 26.3 Å². The molecule has 0 N–H and O–H groups in total. The molecule has 2 nitrogen and oxygen atoms in total. The highest BCUT2D eigenvalue weighted by atomic mass is 19.1. The van der Waals surface area contributed by atoms with E-state index in [-0.39, 0.29) is 11.6 Å². The van der Waals surface area contributed by atoms with E-state index >= 15 is 0 Å². The van der Waals surface area contributed by atoms with Crippen LogP contribution >= 0.6 is 0 Å². The number of hydrogen-bond acceptors (Lipinski definition) is 2. The van der Waals surface area contributed by atoms with Crippen molar-refractivity contribution in [1.29, 1.82) is 0 Å². The monoisotopic (exact) mass is 223 g/mol. The largest absolute Gasteiger partial charge is 0.304 e. The summed E-state index contributed by atoms with van der Waals surface area (Å²) in [6.07, 6.45) is 0.429. The fraction of sp³-hybridized carbons (Fsp3) is 0.462. The molecule has 16 heavy (non-hydrogen) atoms. The van der Waals surface area contributed by atoms with E-state index in [0.29, 0.717) is 24.6 Å². The summed E-state index contributed by atoms with van der Waals surface area (Å²) in [6.45, 7) is 4.85. The van der Waals surface area contributed by atoms with Gasteiger partial charge < -0.3 is 4.90 Å². The molecule has 0 saturated heterocycles. The van der Waals surface area contributed by atoms with Gasteiger partial charge in [0.1, 0.15) is 5.82 Å². The molecule has 3 heteroatoms. The first kappa shape index (κ1) is 12.8. The standard InChI is InChI=1S/C13H18FNO/c1-10(2)15(3)8-7-13(16)11-5-4-6-12(14)9-11/h4-6,9-10H,7-8H2,1-3H3. The summed E-state index contributed by atoms with van der Waals surface area (Å²) in [5.74, 6) is -0.366. The Hall–Kier alpha value is -1.22. The Bertz CT molecular complexity index is 363. The van der Waals surface area contributed by atoms with Crippen molar-refractivity contribution >= 4 is 5.78 Å². The summed E-state index contributed by atoms with van der Waals surface area (Å²) in [5, 5.41) is 0. The normalized spacial score (nSPS) is 11.1. The van der Waals surface area contributed by atoms with Crippen LogP contribution in [0.1, 0.15) is 30.6 Å². The molecule has 0 atom stereocenters. The predicted octanol–water partition coefficient (Wildman–Crippen LogP) is 2.74. The molecule has 88 valence electrons. The number of hydrogen-bond donors (Lipinski definition) is 0. The maximum absolute atomic E-state index is 12.9. The smallest absolute Gasteiger partial charge is 0.164 e. The van der Waals surface area contributed by atoms with E-state index < -0.39 is 0 Å². The van der Waals surface area contributed by atoms with Crippen molar-refractivity contribution < 1.29 is 9.18 Å². The molecule has 0 radical (unpaired) electrons. The van der Waals surface area contributed by atoms with Gasteiger partial charge in [0.15, 0.2) is 5.78 Å². The van der Waals surface area contributed by atoms with E-state index in [1.165, 1.54) is 12.1 Å². The van der Waals surface area contributed by atoms with Gasteiger partial charge in [-0.1, -0.05) is 12.1 Å². The second-order valence-electron chi connectivity index (χ2n) is 4.26. The molecule has 0 saturated carbocycles. The second kappa shape index (κ2) is 5.75. The van der Waals surface area contributed by atoms with E-state index in [0.717, 1.165) is 0 Å². The summed E-state index contributed by atoms with van der Waals surface area (Å²) < 4.78 is 12.9. The number of Topliss-reactive ketones (excluding diaryl/α,β-unsaturated/α-hetero) is 1. The fourth-order valence-corrected chi connectivity index (χ4v) is 1.34. The molecule has 1 aromatic carbocycles. The van der Waals surface area contributed by atoms with E-state index in [1.807, 2.05) is 7.05 Å². The van der Waals surface area contributed by atoms with Crippen LogP contribution in [0, 0.1) is 5.82 Å². The zero-order valence-corrected chi connectivity index (χ0v) is 10.0. The van der Waals surface area contributed by atoms with Gasteiger partial charge in [-0.2, -0.15) is 0 Å². The minimum Gasteiger partial charge on any atom is -0.304 e.